The zero-order chi connectivity index (χ0) is 30.8. The van der Waals surface area contributed by atoms with E-state index in [4.69, 9.17) is 9.72 Å². The van der Waals surface area contributed by atoms with E-state index in [0.29, 0.717) is 43.9 Å². The molecule has 0 spiro atoms. The summed E-state index contributed by atoms with van der Waals surface area (Å²) < 4.78 is 7.61. The Morgan fingerprint density at radius 2 is 1.59 bits per heavy atom. The molecular formula is C34H31N5O5. The van der Waals surface area contributed by atoms with Gasteiger partial charge in [0.25, 0.3) is 11.6 Å². The highest BCUT2D eigenvalue weighted by Crippen LogP contribution is 2.31. The summed E-state index contributed by atoms with van der Waals surface area (Å²) >= 11 is 0. The number of aromatic nitrogens is 2. The normalized spacial score (nSPS) is 13.6. The Kier molecular flexibility index (Phi) is 7.91. The maximum atomic E-state index is 13.1. The van der Waals surface area contributed by atoms with Crippen molar-refractivity contribution >= 4 is 23.0 Å². The molecule has 0 saturated carbocycles. The van der Waals surface area contributed by atoms with Gasteiger partial charge in [-0.25, -0.2) is 4.98 Å². The lowest BCUT2D eigenvalue weighted by molar-refractivity contribution is -0.384. The Labute approximate surface area is 254 Å². The number of rotatable bonds is 8. The van der Waals surface area contributed by atoms with Crippen molar-refractivity contribution in [3.05, 3.63) is 118 Å². The van der Waals surface area contributed by atoms with E-state index in [-0.39, 0.29) is 17.4 Å². The van der Waals surface area contributed by atoms with Crippen molar-refractivity contribution < 1.29 is 19.2 Å². The number of hydrogen-bond donors (Lipinski definition) is 0. The van der Waals surface area contributed by atoms with Gasteiger partial charge in [0, 0.05) is 67.7 Å². The molecule has 1 aliphatic heterocycles. The number of methoxy groups -OCH3 is 1. The summed E-state index contributed by atoms with van der Waals surface area (Å²) in [4.78, 5) is 44.7. The molecular weight excluding hydrogens is 558 g/mol. The Hall–Kier alpha value is -5.35. The molecule has 0 unspecified atom stereocenters. The monoisotopic (exact) mass is 589 g/mol. The van der Waals surface area contributed by atoms with Gasteiger partial charge in [-0.2, -0.15) is 0 Å². The predicted molar refractivity (Wildman–Crippen MR) is 167 cm³/mol. The molecule has 0 aliphatic carbocycles. The number of imidazole rings is 1. The summed E-state index contributed by atoms with van der Waals surface area (Å²) in [7, 11) is 1.64. The molecule has 3 heterocycles. The fraction of sp³-hybridized carbons (Fsp3) is 0.206. The summed E-state index contributed by atoms with van der Waals surface area (Å²) in [5.41, 5.74) is 6.48. The molecule has 222 valence electrons. The number of hydrogen-bond acceptors (Lipinski definition) is 7. The Balaban J connectivity index is 1.29. The van der Waals surface area contributed by atoms with Crippen LogP contribution < -0.4 is 4.74 Å². The molecule has 10 nitrogen and oxygen atoms in total. The number of Topliss-reactive ketones (excluding diaryl/α,β-unsaturated/α-hetero) is 1. The number of nitro groups is 1. The number of ketones is 1. The van der Waals surface area contributed by atoms with Gasteiger partial charge in [-0.1, -0.05) is 42.5 Å². The number of carbonyl (C=O) groups excluding carboxylic acids is 2. The van der Waals surface area contributed by atoms with E-state index >= 15 is 0 Å². The minimum atomic E-state index is -0.489. The second-order valence-corrected chi connectivity index (χ2v) is 10.8. The molecule has 0 N–H and O–H groups in total. The van der Waals surface area contributed by atoms with E-state index in [1.54, 1.807) is 31.1 Å². The van der Waals surface area contributed by atoms with E-state index in [1.165, 1.54) is 12.1 Å². The van der Waals surface area contributed by atoms with Crippen LogP contribution >= 0.6 is 0 Å². The number of piperazine rings is 1. The first-order chi connectivity index (χ1) is 21.3. The highest BCUT2D eigenvalue weighted by molar-refractivity contribution is 5.95. The fourth-order valence-electron chi connectivity index (χ4n) is 5.57. The largest absolute Gasteiger partial charge is 0.497 e. The Morgan fingerprint density at radius 3 is 2.30 bits per heavy atom. The van der Waals surface area contributed by atoms with Gasteiger partial charge in [-0.3, -0.25) is 24.6 Å². The quantitative estimate of drug-likeness (QED) is 0.129. The fourth-order valence-corrected chi connectivity index (χ4v) is 5.57. The number of nitro benzene ring substituents is 1. The van der Waals surface area contributed by atoms with Crippen molar-refractivity contribution in [2.75, 3.05) is 33.3 Å². The average molecular weight is 590 g/mol. The summed E-state index contributed by atoms with van der Waals surface area (Å²) in [6, 6.07) is 25.3. The van der Waals surface area contributed by atoms with Gasteiger partial charge < -0.3 is 14.0 Å². The van der Waals surface area contributed by atoms with Crippen molar-refractivity contribution in [1.29, 1.82) is 0 Å². The Bertz CT molecular complexity index is 1870. The molecule has 0 radical (unpaired) electrons. The zero-order valence-corrected chi connectivity index (χ0v) is 24.5. The molecule has 0 atom stereocenters. The van der Waals surface area contributed by atoms with Crippen LogP contribution in [0.4, 0.5) is 5.69 Å². The van der Waals surface area contributed by atoms with Crippen molar-refractivity contribution in [3.8, 4) is 28.1 Å². The van der Waals surface area contributed by atoms with Crippen LogP contribution in [0.2, 0.25) is 0 Å². The topological polar surface area (TPSA) is 110 Å². The first kappa shape index (κ1) is 28.8. The third-order valence-electron chi connectivity index (χ3n) is 8.02. The van der Waals surface area contributed by atoms with E-state index in [2.05, 4.69) is 15.5 Å². The molecule has 0 bridgehead atoms. The van der Waals surface area contributed by atoms with Gasteiger partial charge >= 0.3 is 0 Å². The van der Waals surface area contributed by atoms with Crippen molar-refractivity contribution in [3.63, 3.8) is 0 Å². The Morgan fingerprint density at radius 1 is 0.864 bits per heavy atom. The predicted octanol–water partition coefficient (Wildman–Crippen LogP) is 5.75. The SMILES string of the molecule is COc1cccc(-c2nc3ccc(-c4ccc(C(C)=O)cc4)cn3c2CN2CCN(C(=O)c3cccc([N+](=O)[O-])c3)CC2)c1. The lowest BCUT2D eigenvalue weighted by Crippen LogP contribution is -2.48. The van der Waals surface area contributed by atoms with Crippen LogP contribution in [0.25, 0.3) is 28.0 Å². The van der Waals surface area contributed by atoms with Crippen molar-refractivity contribution in [1.82, 2.24) is 19.2 Å². The zero-order valence-electron chi connectivity index (χ0n) is 24.5. The number of nitrogens with zero attached hydrogens (tertiary/aromatic N) is 5. The molecule has 1 amide bonds. The van der Waals surface area contributed by atoms with Crippen LogP contribution in [0, 0.1) is 10.1 Å². The van der Waals surface area contributed by atoms with Gasteiger partial charge in [0.15, 0.2) is 5.78 Å². The van der Waals surface area contributed by atoms with Crippen LogP contribution in [0.15, 0.2) is 91.1 Å². The molecule has 1 aliphatic rings. The maximum absolute atomic E-state index is 13.1. The summed E-state index contributed by atoms with van der Waals surface area (Å²) in [6.07, 6.45) is 2.08. The highest BCUT2D eigenvalue weighted by Gasteiger charge is 2.25. The lowest BCUT2D eigenvalue weighted by atomic mass is 10.0. The molecule has 44 heavy (non-hydrogen) atoms. The minimum absolute atomic E-state index is 0.0266. The van der Waals surface area contributed by atoms with Gasteiger partial charge in [0.1, 0.15) is 11.4 Å². The molecule has 1 fully saturated rings. The summed E-state index contributed by atoms with van der Waals surface area (Å²) in [5, 5.41) is 11.2. The molecule has 5 aromatic rings. The maximum Gasteiger partial charge on any atom is 0.270 e. The van der Waals surface area contributed by atoms with Crippen LogP contribution in [-0.2, 0) is 6.54 Å². The van der Waals surface area contributed by atoms with Crippen LogP contribution in [0.3, 0.4) is 0 Å². The molecule has 2 aromatic heterocycles. The van der Waals surface area contributed by atoms with Crippen LogP contribution in [0.5, 0.6) is 5.75 Å². The standard InChI is InChI=1S/C34H31N5O5/c1-23(40)24-9-11-25(12-10-24)28-13-14-32-35-33(26-5-4-8-30(20-26)44-2)31(38(32)21-28)22-36-15-17-37(18-16-36)34(41)27-6-3-7-29(19-27)39(42)43/h3-14,19-21H,15-18,22H2,1-2H3. The first-order valence-corrected chi connectivity index (χ1v) is 14.3. The number of carbonyl (C=O) groups is 2. The second kappa shape index (κ2) is 12.1. The highest BCUT2D eigenvalue weighted by atomic mass is 16.6. The van der Waals surface area contributed by atoms with Gasteiger partial charge in [-0.15, -0.1) is 0 Å². The molecule has 6 rings (SSSR count). The number of pyridine rings is 1. The summed E-state index contributed by atoms with van der Waals surface area (Å²) in [5.74, 6) is 0.560. The van der Waals surface area contributed by atoms with E-state index in [0.717, 1.165) is 39.5 Å². The minimum Gasteiger partial charge on any atom is -0.497 e. The number of fused-ring (bicyclic) bond motifs is 1. The number of amides is 1. The van der Waals surface area contributed by atoms with Gasteiger partial charge in [0.2, 0.25) is 0 Å². The second-order valence-electron chi connectivity index (χ2n) is 10.8. The molecule has 3 aromatic carbocycles. The third kappa shape index (κ3) is 5.80. The molecule has 1 saturated heterocycles. The van der Waals surface area contributed by atoms with E-state index in [9.17, 15) is 19.7 Å². The van der Waals surface area contributed by atoms with Gasteiger partial charge in [0.05, 0.1) is 23.4 Å². The number of benzene rings is 3. The average Bonchev–Trinajstić information content (AvgIpc) is 3.42. The van der Waals surface area contributed by atoms with Crippen LogP contribution in [-0.4, -0.2) is 69.1 Å². The van der Waals surface area contributed by atoms with Crippen LogP contribution in [0.1, 0.15) is 33.3 Å². The molecule has 10 heteroatoms. The number of non-ortho nitro benzene ring substituents is 1. The van der Waals surface area contributed by atoms with E-state index in [1.807, 2.05) is 60.7 Å². The van der Waals surface area contributed by atoms with Gasteiger partial charge in [-0.05, 0) is 48.4 Å². The summed E-state index contributed by atoms with van der Waals surface area (Å²) in [6.45, 7) is 4.43. The smallest absolute Gasteiger partial charge is 0.270 e. The third-order valence-corrected chi connectivity index (χ3v) is 8.02. The number of ether oxygens (including phenoxy) is 1. The van der Waals surface area contributed by atoms with Crippen molar-refractivity contribution in [2.45, 2.75) is 13.5 Å². The first-order valence-electron chi connectivity index (χ1n) is 14.3. The van der Waals surface area contributed by atoms with Crippen molar-refractivity contribution in [2.24, 2.45) is 0 Å². The van der Waals surface area contributed by atoms with E-state index < -0.39 is 4.92 Å². The lowest BCUT2D eigenvalue weighted by Gasteiger charge is -2.34.